The minimum Gasteiger partial charge on any atom is -0.333 e. The molecule has 0 radical (unpaired) electrons. The van der Waals surface area contributed by atoms with Crippen molar-refractivity contribution >= 4 is 29.1 Å². The lowest BCUT2D eigenvalue weighted by Gasteiger charge is -2.37. The van der Waals surface area contributed by atoms with Crippen LogP contribution in [0.5, 0.6) is 0 Å². The van der Waals surface area contributed by atoms with E-state index in [9.17, 15) is 4.79 Å². The molecule has 102 valence electrons. The molecular weight excluding hydrogens is 283 g/mol. The van der Waals surface area contributed by atoms with Gasteiger partial charge in [0.1, 0.15) is 0 Å². The summed E-state index contributed by atoms with van der Waals surface area (Å²) < 4.78 is 0. The smallest absolute Gasteiger partial charge is 0.255 e. The molecule has 3 rings (SSSR count). The maximum atomic E-state index is 12.7. The molecule has 2 bridgehead atoms. The number of nitrogens with zero attached hydrogens (tertiary/aromatic N) is 1. The molecule has 0 aromatic heterocycles. The average Bonchev–Trinajstić information content (AvgIpc) is 2.61. The molecule has 2 fully saturated rings. The molecule has 2 atom stereocenters. The molecule has 19 heavy (non-hydrogen) atoms. The van der Waals surface area contributed by atoms with E-state index in [0.29, 0.717) is 15.6 Å². The molecule has 2 saturated heterocycles. The maximum absolute atomic E-state index is 12.7. The van der Waals surface area contributed by atoms with Gasteiger partial charge in [0.05, 0.1) is 10.6 Å². The Labute approximate surface area is 122 Å². The van der Waals surface area contributed by atoms with Crippen molar-refractivity contribution in [3.8, 4) is 0 Å². The topological polar surface area (TPSA) is 46.3 Å². The molecule has 2 aliphatic rings. The van der Waals surface area contributed by atoms with E-state index in [1.165, 1.54) is 0 Å². The van der Waals surface area contributed by atoms with Crippen molar-refractivity contribution in [3.63, 3.8) is 0 Å². The molecule has 2 unspecified atom stereocenters. The van der Waals surface area contributed by atoms with Gasteiger partial charge in [-0.1, -0.05) is 23.2 Å². The van der Waals surface area contributed by atoms with Crippen LogP contribution in [0.4, 0.5) is 0 Å². The number of carbonyl (C=O) groups excluding carboxylic acids is 1. The van der Waals surface area contributed by atoms with E-state index in [-0.39, 0.29) is 24.0 Å². The van der Waals surface area contributed by atoms with Crippen molar-refractivity contribution in [3.05, 3.63) is 33.8 Å². The van der Waals surface area contributed by atoms with Gasteiger partial charge in [-0.3, -0.25) is 4.79 Å². The van der Waals surface area contributed by atoms with Gasteiger partial charge < -0.3 is 10.6 Å². The molecular formula is C14H16Cl2N2O. The van der Waals surface area contributed by atoms with Crippen LogP contribution in [-0.4, -0.2) is 28.9 Å². The number of rotatable bonds is 1. The summed E-state index contributed by atoms with van der Waals surface area (Å²) in [5.74, 6) is 0.0149. The molecule has 2 N–H and O–H groups in total. The lowest BCUT2D eigenvalue weighted by atomic mass is 9.97. The van der Waals surface area contributed by atoms with Crippen LogP contribution in [0.1, 0.15) is 36.0 Å². The third-order valence-corrected chi connectivity index (χ3v) is 4.71. The summed E-state index contributed by atoms with van der Waals surface area (Å²) in [4.78, 5) is 14.6. The first-order valence-electron chi connectivity index (χ1n) is 6.59. The van der Waals surface area contributed by atoms with Crippen molar-refractivity contribution in [2.24, 2.45) is 5.73 Å². The average molecular weight is 299 g/mol. The number of amides is 1. The van der Waals surface area contributed by atoms with Crippen molar-refractivity contribution < 1.29 is 4.79 Å². The molecule has 0 saturated carbocycles. The highest BCUT2D eigenvalue weighted by Crippen LogP contribution is 2.37. The Morgan fingerprint density at radius 3 is 2.42 bits per heavy atom. The Kier molecular flexibility index (Phi) is 3.46. The van der Waals surface area contributed by atoms with Crippen LogP contribution in [0.15, 0.2) is 18.2 Å². The van der Waals surface area contributed by atoms with Crippen LogP contribution in [-0.2, 0) is 0 Å². The van der Waals surface area contributed by atoms with E-state index in [1.54, 1.807) is 18.2 Å². The van der Waals surface area contributed by atoms with Crippen LogP contribution < -0.4 is 5.73 Å². The molecule has 1 aromatic carbocycles. The van der Waals surface area contributed by atoms with Gasteiger partial charge >= 0.3 is 0 Å². The zero-order valence-electron chi connectivity index (χ0n) is 10.5. The minimum absolute atomic E-state index is 0.0149. The number of hydrogen-bond acceptors (Lipinski definition) is 2. The zero-order valence-corrected chi connectivity index (χ0v) is 12.0. The Hall–Kier alpha value is -0.770. The molecule has 1 aromatic rings. The number of halogens is 2. The fraction of sp³-hybridized carbons (Fsp3) is 0.500. The Morgan fingerprint density at radius 1 is 1.21 bits per heavy atom. The summed E-state index contributed by atoms with van der Waals surface area (Å²) in [5, 5.41) is 0.969. The third kappa shape index (κ3) is 2.35. The number of fused-ring (bicyclic) bond motifs is 2. The second-order valence-electron chi connectivity index (χ2n) is 5.45. The minimum atomic E-state index is 0.0149. The number of piperidine rings is 1. The van der Waals surface area contributed by atoms with E-state index in [1.807, 2.05) is 4.90 Å². The van der Waals surface area contributed by atoms with Gasteiger partial charge in [-0.25, -0.2) is 0 Å². The van der Waals surface area contributed by atoms with Crippen LogP contribution in [0.2, 0.25) is 10.0 Å². The highest BCUT2D eigenvalue weighted by molar-refractivity contribution is 6.36. The highest BCUT2D eigenvalue weighted by atomic mass is 35.5. The van der Waals surface area contributed by atoms with Crippen LogP contribution in [0.3, 0.4) is 0 Å². The molecule has 1 amide bonds. The van der Waals surface area contributed by atoms with Gasteiger partial charge in [0.2, 0.25) is 0 Å². The third-order valence-electron chi connectivity index (χ3n) is 4.17. The Morgan fingerprint density at radius 2 is 1.84 bits per heavy atom. The van der Waals surface area contributed by atoms with Crippen molar-refractivity contribution in [2.45, 2.75) is 43.8 Å². The summed E-state index contributed by atoms with van der Waals surface area (Å²) in [6, 6.07) is 5.80. The van der Waals surface area contributed by atoms with Crippen LogP contribution >= 0.6 is 23.2 Å². The summed E-state index contributed by atoms with van der Waals surface area (Å²) in [7, 11) is 0. The number of hydrogen-bond donors (Lipinski definition) is 1. The van der Waals surface area contributed by atoms with Gasteiger partial charge in [0, 0.05) is 23.1 Å². The molecule has 5 heteroatoms. The standard InChI is InChI=1S/C14H16Cl2N2O/c15-8-1-4-12(13(16)5-8)14(19)18-10-2-3-11(18)7-9(17)6-10/h1,4-5,9-11H,2-3,6-7,17H2. The van der Waals surface area contributed by atoms with Gasteiger partial charge in [-0.05, 0) is 43.9 Å². The molecule has 0 aliphatic carbocycles. The fourth-order valence-electron chi connectivity index (χ4n) is 3.35. The maximum Gasteiger partial charge on any atom is 0.255 e. The molecule has 2 heterocycles. The first kappa shape index (κ1) is 13.2. The summed E-state index contributed by atoms with van der Waals surface area (Å²) >= 11 is 12.0. The van der Waals surface area contributed by atoms with E-state index in [0.717, 1.165) is 25.7 Å². The van der Waals surface area contributed by atoms with Gasteiger partial charge in [0.25, 0.3) is 5.91 Å². The van der Waals surface area contributed by atoms with Crippen molar-refractivity contribution in [2.75, 3.05) is 0 Å². The first-order valence-corrected chi connectivity index (χ1v) is 7.35. The molecule has 0 spiro atoms. The van der Waals surface area contributed by atoms with E-state index >= 15 is 0 Å². The quantitative estimate of drug-likeness (QED) is 0.866. The summed E-state index contributed by atoms with van der Waals surface area (Å²) in [6.45, 7) is 0. The monoisotopic (exact) mass is 298 g/mol. The van der Waals surface area contributed by atoms with Crippen LogP contribution in [0.25, 0.3) is 0 Å². The number of nitrogens with two attached hydrogens (primary N) is 1. The largest absolute Gasteiger partial charge is 0.333 e. The molecule has 2 aliphatic heterocycles. The van der Waals surface area contributed by atoms with Gasteiger partial charge in [-0.15, -0.1) is 0 Å². The van der Waals surface area contributed by atoms with Gasteiger partial charge in [0.15, 0.2) is 0 Å². The SMILES string of the molecule is NC1CC2CCC(C1)N2C(=O)c1ccc(Cl)cc1Cl. The Bertz CT molecular complexity index is 506. The van der Waals surface area contributed by atoms with E-state index < -0.39 is 0 Å². The van der Waals surface area contributed by atoms with E-state index in [4.69, 9.17) is 28.9 Å². The van der Waals surface area contributed by atoms with E-state index in [2.05, 4.69) is 0 Å². The second-order valence-corrected chi connectivity index (χ2v) is 6.30. The second kappa shape index (κ2) is 4.97. The van der Waals surface area contributed by atoms with Crippen LogP contribution in [0, 0.1) is 0 Å². The lowest BCUT2D eigenvalue weighted by molar-refractivity contribution is 0.0575. The normalized spacial score (nSPS) is 29.6. The van der Waals surface area contributed by atoms with Gasteiger partial charge in [-0.2, -0.15) is 0 Å². The zero-order chi connectivity index (χ0) is 13.6. The number of carbonyl (C=O) groups is 1. The molecule has 3 nitrogen and oxygen atoms in total. The van der Waals surface area contributed by atoms with Crippen molar-refractivity contribution in [1.29, 1.82) is 0 Å². The predicted octanol–water partition coefficient (Wildman–Crippen LogP) is 3.09. The van der Waals surface area contributed by atoms with Crippen molar-refractivity contribution in [1.82, 2.24) is 4.90 Å². The first-order chi connectivity index (χ1) is 9.06. The Balaban J connectivity index is 1.88. The lowest BCUT2D eigenvalue weighted by Crippen LogP contribution is -2.50. The highest BCUT2D eigenvalue weighted by Gasteiger charge is 2.42. The predicted molar refractivity (Wildman–Crippen MR) is 76.7 cm³/mol. The summed E-state index contributed by atoms with van der Waals surface area (Å²) in [6.07, 6.45) is 3.89. The fourth-order valence-corrected chi connectivity index (χ4v) is 3.84. The summed E-state index contributed by atoms with van der Waals surface area (Å²) in [5.41, 5.74) is 6.57. The number of benzene rings is 1.